The molecule has 0 radical (unpaired) electrons. The minimum Gasteiger partial charge on any atom is -0.493 e. The van der Waals surface area contributed by atoms with Crippen LogP contribution in [0.4, 0.5) is 0 Å². The zero-order valence-electron chi connectivity index (χ0n) is 16.3. The van der Waals surface area contributed by atoms with E-state index in [4.69, 9.17) is 14.2 Å². The van der Waals surface area contributed by atoms with Crippen LogP contribution >= 0.6 is 0 Å². The monoisotopic (exact) mass is 386 g/mol. The summed E-state index contributed by atoms with van der Waals surface area (Å²) in [5, 5.41) is 20.5. The van der Waals surface area contributed by atoms with Gasteiger partial charge in [0.25, 0.3) is 0 Å². The van der Waals surface area contributed by atoms with Crippen LogP contribution in [0.15, 0.2) is 42.5 Å². The number of fused-ring (bicyclic) bond motifs is 1. The molecule has 150 valence electrons. The summed E-state index contributed by atoms with van der Waals surface area (Å²) in [7, 11) is 3.17. The average Bonchev–Trinajstić information content (AvgIpc) is 3.06. The molecule has 3 rings (SSSR count). The van der Waals surface area contributed by atoms with Crippen LogP contribution in [0.25, 0.3) is 11.0 Å². The van der Waals surface area contributed by atoms with Crippen molar-refractivity contribution in [1.82, 2.24) is 9.55 Å². The van der Waals surface area contributed by atoms with E-state index in [-0.39, 0.29) is 13.2 Å². The topological polar surface area (TPSA) is 86.0 Å². The molecule has 0 spiro atoms. The standard InChI is InChI=1S/C21H26N2O5/c1-14(24)21-22-17-6-4-5-7-18(17)23(21)11-16(25)13-28-12-15-8-9-19(26-2)20(10-15)27-3/h4-10,14,16,24-25H,11-13H2,1-3H3/t14-,16+/m0/s1. The maximum Gasteiger partial charge on any atom is 0.161 e. The molecule has 2 aromatic carbocycles. The number of hydrogen-bond acceptors (Lipinski definition) is 6. The lowest BCUT2D eigenvalue weighted by Gasteiger charge is -2.16. The second-order valence-corrected chi connectivity index (χ2v) is 6.60. The minimum absolute atomic E-state index is 0.153. The fourth-order valence-corrected chi connectivity index (χ4v) is 3.15. The van der Waals surface area contributed by atoms with Gasteiger partial charge in [-0.2, -0.15) is 0 Å². The maximum absolute atomic E-state index is 10.4. The number of ether oxygens (including phenoxy) is 3. The quantitative estimate of drug-likeness (QED) is 0.588. The lowest BCUT2D eigenvalue weighted by atomic mass is 10.2. The smallest absolute Gasteiger partial charge is 0.161 e. The molecule has 2 N–H and O–H groups in total. The molecule has 0 aliphatic carbocycles. The van der Waals surface area contributed by atoms with Crippen LogP contribution in [-0.4, -0.2) is 46.7 Å². The van der Waals surface area contributed by atoms with Gasteiger partial charge in [0.05, 0.1) is 51.1 Å². The van der Waals surface area contributed by atoms with Crippen LogP contribution < -0.4 is 9.47 Å². The maximum atomic E-state index is 10.4. The van der Waals surface area contributed by atoms with Crippen molar-refractivity contribution in [3.05, 3.63) is 53.9 Å². The van der Waals surface area contributed by atoms with Gasteiger partial charge in [-0.3, -0.25) is 0 Å². The molecular weight excluding hydrogens is 360 g/mol. The van der Waals surface area contributed by atoms with E-state index in [1.807, 2.05) is 47.0 Å². The second-order valence-electron chi connectivity index (χ2n) is 6.60. The summed E-state index contributed by atoms with van der Waals surface area (Å²) in [5.41, 5.74) is 2.58. The Morgan fingerprint density at radius 2 is 1.79 bits per heavy atom. The van der Waals surface area contributed by atoms with Gasteiger partial charge in [-0.1, -0.05) is 18.2 Å². The number of nitrogens with zero attached hydrogens (tertiary/aromatic N) is 2. The van der Waals surface area contributed by atoms with Crippen molar-refractivity contribution in [1.29, 1.82) is 0 Å². The number of aliphatic hydroxyl groups is 2. The van der Waals surface area contributed by atoms with Crippen molar-refractivity contribution < 1.29 is 24.4 Å². The number of para-hydroxylation sites is 2. The van der Waals surface area contributed by atoms with Gasteiger partial charge in [0.2, 0.25) is 0 Å². The summed E-state index contributed by atoms with van der Waals surface area (Å²) in [5.74, 6) is 1.82. The third kappa shape index (κ3) is 4.44. The molecule has 0 fully saturated rings. The molecule has 0 unspecified atom stereocenters. The van der Waals surface area contributed by atoms with Gasteiger partial charge in [0, 0.05) is 0 Å². The van der Waals surface area contributed by atoms with Crippen molar-refractivity contribution >= 4 is 11.0 Å². The third-order valence-electron chi connectivity index (χ3n) is 4.48. The molecule has 0 saturated heterocycles. The molecule has 28 heavy (non-hydrogen) atoms. The molecule has 7 heteroatoms. The number of benzene rings is 2. The van der Waals surface area contributed by atoms with Gasteiger partial charge in [0.1, 0.15) is 11.9 Å². The summed E-state index contributed by atoms with van der Waals surface area (Å²) in [4.78, 5) is 4.46. The Hall–Kier alpha value is -2.61. The Morgan fingerprint density at radius 1 is 1.04 bits per heavy atom. The summed E-state index contributed by atoms with van der Waals surface area (Å²) in [6, 6.07) is 13.2. The Labute approximate surface area is 164 Å². The summed E-state index contributed by atoms with van der Waals surface area (Å²) >= 11 is 0. The second kappa shape index (κ2) is 9.05. The normalized spacial score (nSPS) is 13.5. The Kier molecular flexibility index (Phi) is 6.51. The van der Waals surface area contributed by atoms with Crippen LogP contribution in [0.3, 0.4) is 0 Å². The van der Waals surface area contributed by atoms with E-state index in [1.54, 1.807) is 21.1 Å². The molecule has 3 aromatic rings. The summed E-state index contributed by atoms with van der Waals surface area (Å²) in [6.07, 6.45) is -1.47. The molecule has 7 nitrogen and oxygen atoms in total. The average molecular weight is 386 g/mol. The highest BCUT2D eigenvalue weighted by Gasteiger charge is 2.17. The zero-order valence-corrected chi connectivity index (χ0v) is 16.3. The number of imidazole rings is 1. The largest absolute Gasteiger partial charge is 0.493 e. The lowest BCUT2D eigenvalue weighted by Crippen LogP contribution is -2.23. The van der Waals surface area contributed by atoms with Gasteiger partial charge in [-0.25, -0.2) is 4.98 Å². The van der Waals surface area contributed by atoms with Crippen LogP contribution in [-0.2, 0) is 17.9 Å². The van der Waals surface area contributed by atoms with Gasteiger partial charge in [-0.15, -0.1) is 0 Å². The van der Waals surface area contributed by atoms with E-state index in [0.29, 0.717) is 23.9 Å². The van der Waals surface area contributed by atoms with Crippen molar-refractivity contribution in [3.63, 3.8) is 0 Å². The minimum atomic E-state index is -0.741. The van der Waals surface area contributed by atoms with Gasteiger partial charge < -0.3 is 29.0 Å². The number of rotatable bonds is 9. The van der Waals surface area contributed by atoms with E-state index in [0.717, 1.165) is 16.6 Å². The van der Waals surface area contributed by atoms with E-state index in [2.05, 4.69) is 4.98 Å². The molecule has 0 aliphatic rings. The van der Waals surface area contributed by atoms with E-state index in [9.17, 15) is 10.2 Å². The number of methoxy groups -OCH3 is 2. The molecule has 2 atom stereocenters. The zero-order chi connectivity index (χ0) is 20.1. The van der Waals surface area contributed by atoms with Gasteiger partial charge >= 0.3 is 0 Å². The van der Waals surface area contributed by atoms with Crippen LogP contribution in [0.5, 0.6) is 11.5 Å². The first kappa shape index (κ1) is 20.1. The molecule has 0 amide bonds. The van der Waals surface area contributed by atoms with E-state index < -0.39 is 12.2 Å². The van der Waals surface area contributed by atoms with Crippen molar-refractivity contribution in [2.75, 3.05) is 20.8 Å². The van der Waals surface area contributed by atoms with Gasteiger partial charge in [0.15, 0.2) is 11.5 Å². The third-order valence-corrected chi connectivity index (χ3v) is 4.48. The highest BCUT2D eigenvalue weighted by Crippen LogP contribution is 2.28. The number of hydrogen-bond donors (Lipinski definition) is 2. The highest BCUT2D eigenvalue weighted by atomic mass is 16.5. The SMILES string of the molecule is COc1ccc(COC[C@H](O)Cn2c([C@H](C)O)nc3ccccc32)cc1OC. The van der Waals surface area contributed by atoms with Crippen LogP contribution in [0.2, 0.25) is 0 Å². The molecule has 0 saturated carbocycles. The Morgan fingerprint density at radius 3 is 2.50 bits per heavy atom. The summed E-state index contributed by atoms with van der Waals surface area (Å²) in [6.45, 7) is 2.44. The molecule has 0 aliphatic heterocycles. The fourth-order valence-electron chi connectivity index (χ4n) is 3.15. The van der Waals surface area contributed by atoms with E-state index >= 15 is 0 Å². The van der Waals surface area contributed by atoms with Gasteiger partial charge in [-0.05, 0) is 36.8 Å². The first-order valence-corrected chi connectivity index (χ1v) is 9.13. The Bertz CT molecular complexity index is 922. The van der Waals surface area contributed by atoms with Crippen LogP contribution in [0.1, 0.15) is 24.4 Å². The number of aliphatic hydroxyl groups excluding tert-OH is 2. The summed E-state index contributed by atoms with van der Waals surface area (Å²) < 4.78 is 18.0. The first-order chi connectivity index (χ1) is 13.5. The lowest BCUT2D eigenvalue weighted by molar-refractivity contribution is 0.0195. The van der Waals surface area contributed by atoms with Crippen molar-refractivity contribution in [3.8, 4) is 11.5 Å². The van der Waals surface area contributed by atoms with Crippen molar-refractivity contribution in [2.24, 2.45) is 0 Å². The predicted octanol–water partition coefficient (Wildman–Crippen LogP) is 2.68. The molecule has 0 bridgehead atoms. The molecule has 1 aromatic heterocycles. The van der Waals surface area contributed by atoms with Crippen molar-refractivity contribution in [2.45, 2.75) is 32.3 Å². The predicted molar refractivity (Wildman–Crippen MR) is 106 cm³/mol. The van der Waals surface area contributed by atoms with E-state index in [1.165, 1.54) is 0 Å². The molecular formula is C21H26N2O5. The fraction of sp³-hybridized carbons (Fsp3) is 0.381. The molecule has 1 heterocycles. The number of aromatic nitrogens is 2. The first-order valence-electron chi connectivity index (χ1n) is 9.13. The highest BCUT2D eigenvalue weighted by molar-refractivity contribution is 5.76. The Balaban J connectivity index is 1.63. The van der Waals surface area contributed by atoms with Crippen LogP contribution in [0, 0.1) is 0 Å².